The Morgan fingerprint density at radius 3 is 2.50 bits per heavy atom. The SMILES string of the molecule is Cc1cc(C)c(NC(=O)Cn2c(-c3nc(-c4ccccc4F)no3)cccc2=O)c(C)c1. The second-order valence-electron chi connectivity index (χ2n) is 7.56. The average molecular weight is 432 g/mol. The van der Waals surface area contributed by atoms with Crippen molar-refractivity contribution in [2.45, 2.75) is 27.3 Å². The van der Waals surface area contributed by atoms with E-state index in [1.165, 1.54) is 28.8 Å². The number of aryl methyl sites for hydroxylation is 3. The smallest absolute Gasteiger partial charge is 0.274 e. The Bertz CT molecular complexity index is 1350. The number of hydrogen-bond donors (Lipinski definition) is 1. The van der Waals surface area contributed by atoms with Crippen molar-refractivity contribution in [2.24, 2.45) is 0 Å². The number of carbonyl (C=O) groups excluding carboxylic acids is 1. The highest BCUT2D eigenvalue weighted by Crippen LogP contribution is 2.24. The zero-order valence-electron chi connectivity index (χ0n) is 17.8. The van der Waals surface area contributed by atoms with Crippen LogP contribution in [0.25, 0.3) is 23.0 Å². The number of nitrogens with one attached hydrogen (secondary N) is 1. The van der Waals surface area contributed by atoms with E-state index in [0.29, 0.717) is 5.69 Å². The van der Waals surface area contributed by atoms with Gasteiger partial charge in [0.05, 0.1) is 5.56 Å². The lowest BCUT2D eigenvalue weighted by molar-refractivity contribution is -0.116. The lowest BCUT2D eigenvalue weighted by Crippen LogP contribution is -2.28. The van der Waals surface area contributed by atoms with Gasteiger partial charge in [-0.15, -0.1) is 0 Å². The molecule has 0 fully saturated rings. The summed E-state index contributed by atoms with van der Waals surface area (Å²) in [5, 5.41) is 6.71. The Balaban J connectivity index is 1.64. The molecule has 4 rings (SSSR count). The van der Waals surface area contributed by atoms with Crippen molar-refractivity contribution >= 4 is 11.6 Å². The monoisotopic (exact) mass is 432 g/mol. The molecule has 2 heterocycles. The summed E-state index contributed by atoms with van der Waals surface area (Å²) in [5.41, 5.74) is 3.72. The lowest BCUT2D eigenvalue weighted by atomic mass is 10.1. The Kier molecular flexibility index (Phi) is 5.68. The topological polar surface area (TPSA) is 90.0 Å². The van der Waals surface area contributed by atoms with Gasteiger partial charge in [-0.05, 0) is 50.1 Å². The highest BCUT2D eigenvalue weighted by atomic mass is 19.1. The summed E-state index contributed by atoms with van der Waals surface area (Å²) in [5.74, 6) is -0.801. The summed E-state index contributed by atoms with van der Waals surface area (Å²) in [6.45, 7) is 5.57. The fourth-order valence-corrected chi connectivity index (χ4v) is 3.65. The zero-order chi connectivity index (χ0) is 22.8. The molecule has 0 aliphatic carbocycles. The van der Waals surface area contributed by atoms with Gasteiger partial charge in [-0.1, -0.05) is 41.1 Å². The van der Waals surface area contributed by atoms with Crippen molar-refractivity contribution in [3.8, 4) is 23.0 Å². The van der Waals surface area contributed by atoms with E-state index < -0.39 is 11.4 Å². The third-order valence-corrected chi connectivity index (χ3v) is 5.05. The molecule has 2 aromatic carbocycles. The van der Waals surface area contributed by atoms with Gasteiger partial charge in [-0.2, -0.15) is 4.98 Å². The third kappa shape index (κ3) is 4.20. The maximum atomic E-state index is 14.1. The minimum absolute atomic E-state index is 0.0106. The van der Waals surface area contributed by atoms with Crippen LogP contribution in [0.3, 0.4) is 0 Å². The first-order valence-corrected chi connectivity index (χ1v) is 10.00. The fraction of sp³-hybridized carbons (Fsp3) is 0.167. The maximum Gasteiger partial charge on any atom is 0.274 e. The number of hydrogen-bond acceptors (Lipinski definition) is 5. The molecule has 4 aromatic rings. The number of aromatic nitrogens is 3. The summed E-state index contributed by atoms with van der Waals surface area (Å²) < 4.78 is 20.6. The molecule has 0 aliphatic heterocycles. The van der Waals surface area contributed by atoms with Crippen molar-refractivity contribution < 1.29 is 13.7 Å². The van der Waals surface area contributed by atoms with E-state index in [9.17, 15) is 14.0 Å². The predicted octanol–water partition coefficient (Wildman–Crippen LogP) is 4.27. The van der Waals surface area contributed by atoms with Crippen LogP contribution in [0.15, 0.2) is 63.9 Å². The summed E-state index contributed by atoms with van der Waals surface area (Å²) in [7, 11) is 0. The fourth-order valence-electron chi connectivity index (χ4n) is 3.65. The van der Waals surface area contributed by atoms with Crippen LogP contribution in [0.2, 0.25) is 0 Å². The Hall–Kier alpha value is -4.07. The molecule has 32 heavy (non-hydrogen) atoms. The van der Waals surface area contributed by atoms with Crippen LogP contribution in [-0.2, 0) is 11.3 Å². The van der Waals surface area contributed by atoms with Crippen LogP contribution in [0.5, 0.6) is 0 Å². The number of rotatable bonds is 5. The lowest BCUT2D eigenvalue weighted by Gasteiger charge is -2.14. The number of benzene rings is 2. The number of nitrogens with zero attached hydrogens (tertiary/aromatic N) is 3. The first kappa shape index (κ1) is 21.2. The number of carbonyl (C=O) groups is 1. The molecule has 8 heteroatoms. The molecule has 7 nitrogen and oxygen atoms in total. The Labute approximate surface area is 183 Å². The van der Waals surface area contributed by atoms with Gasteiger partial charge in [0, 0.05) is 11.8 Å². The van der Waals surface area contributed by atoms with Crippen molar-refractivity contribution in [1.29, 1.82) is 0 Å². The van der Waals surface area contributed by atoms with Crippen LogP contribution in [0.4, 0.5) is 10.1 Å². The first-order chi connectivity index (χ1) is 15.3. The third-order valence-electron chi connectivity index (χ3n) is 5.05. The molecule has 0 atom stereocenters. The zero-order valence-corrected chi connectivity index (χ0v) is 17.8. The molecule has 0 spiro atoms. The van der Waals surface area contributed by atoms with Crippen LogP contribution >= 0.6 is 0 Å². The van der Waals surface area contributed by atoms with E-state index in [0.717, 1.165) is 16.7 Å². The molecule has 0 saturated carbocycles. The summed E-state index contributed by atoms with van der Waals surface area (Å²) in [4.78, 5) is 29.6. The van der Waals surface area contributed by atoms with Gasteiger partial charge in [0.1, 0.15) is 18.1 Å². The highest BCUT2D eigenvalue weighted by molar-refractivity contribution is 5.92. The number of halogens is 1. The molecule has 0 saturated heterocycles. The van der Waals surface area contributed by atoms with Crippen LogP contribution in [-0.4, -0.2) is 20.6 Å². The second kappa shape index (κ2) is 8.58. The summed E-state index contributed by atoms with van der Waals surface area (Å²) in [6.07, 6.45) is 0. The molecule has 162 valence electrons. The highest BCUT2D eigenvalue weighted by Gasteiger charge is 2.18. The molecule has 1 N–H and O–H groups in total. The molecular formula is C24H21FN4O3. The van der Waals surface area contributed by atoms with E-state index in [1.54, 1.807) is 18.2 Å². The van der Waals surface area contributed by atoms with Gasteiger partial charge < -0.3 is 9.84 Å². The van der Waals surface area contributed by atoms with Crippen molar-refractivity contribution in [3.05, 3.63) is 87.5 Å². The van der Waals surface area contributed by atoms with Gasteiger partial charge in [-0.3, -0.25) is 14.2 Å². The molecule has 2 aromatic heterocycles. The number of anilines is 1. The van der Waals surface area contributed by atoms with E-state index in [4.69, 9.17) is 4.52 Å². The summed E-state index contributed by atoms with van der Waals surface area (Å²) >= 11 is 0. The average Bonchev–Trinajstić information content (AvgIpc) is 3.22. The quantitative estimate of drug-likeness (QED) is 0.509. The Morgan fingerprint density at radius 2 is 1.78 bits per heavy atom. The van der Waals surface area contributed by atoms with E-state index in [1.807, 2.05) is 32.9 Å². The van der Waals surface area contributed by atoms with Gasteiger partial charge in [-0.25, -0.2) is 4.39 Å². The van der Waals surface area contributed by atoms with Gasteiger partial charge >= 0.3 is 0 Å². The van der Waals surface area contributed by atoms with Crippen LogP contribution < -0.4 is 10.9 Å². The molecule has 0 unspecified atom stereocenters. The predicted molar refractivity (Wildman–Crippen MR) is 119 cm³/mol. The second-order valence-corrected chi connectivity index (χ2v) is 7.56. The molecular weight excluding hydrogens is 411 g/mol. The van der Waals surface area contributed by atoms with E-state index in [-0.39, 0.29) is 35.4 Å². The molecule has 0 aliphatic rings. The van der Waals surface area contributed by atoms with Crippen molar-refractivity contribution in [3.63, 3.8) is 0 Å². The minimum Gasteiger partial charge on any atom is -0.332 e. The van der Waals surface area contributed by atoms with E-state index >= 15 is 0 Å². The van der Waals surface area contributed by atoms with E-state index in [2.05, 4.69) is 15.5 Å². The molecule has 0 radical (unpaired) electrons. The van der Waals surface area contributed by atoms with Crippen molar-refractivity contribution in [1.82, 2.24) is 14.7 Å². The molecule has 1 amide bonds. The molecule has 0 bridgehead atoms. The normalized spacial score (nSPS) is 10.9. The first-order valence-electron chi connectivity index (χ1n) is 10.00. The van der Waals surface area contributed by atoms with Gasteiger partial charge in [0.2, 0.25) is 11.7 Å². The van der Waals surface area contributed by atoms with Gasteiger partial charge in [0.25, 0.3) is 11.4 Å². The van der Waals surface area contributed by atoms with Crippen LogP contribution in [0, 0.1) is 26.6 Å². The Morgan fingerprint density at radius 1 is 1.06 bits per heavy atom. The summed E-state index contributed by atoms with van der Waals surface area (Å²) in [6, 6.07) is 14.5. The number of amides is 1. The van der Waals surface area contributed by atoms with Gasteiger partial charge in [0.15, 0.2) is 0 Å². The number of pyridine rings is 1. The maximum absolute atomic E-state index is 14.1. The van der Waals surface area contributed by atoms with Crippen LogP contribution in [0.1, 0.15) is 16.7 Å². The standard InChI is InChI=1S/C24H21FN4O3/c1-14-11-15(2)22(16(3)12-14)26-20(30)13-29-19(9-6-10-21(29)31)24-27-23(28-32-24)17-7-4-5-8-18(17)25/h4-12H,13H2,1-3H3,(H,26,30). The minimum atomic E-state index is -0.492. The largest absolute Gasteiger partial charge is 0.332 e. The van der Waals surface area contributed by atoms with Crippen molar-refractivity contribution in [2.75, 3.05) is 5.32 Å².